The number of nitrogens with one attached hydrogen (secondary N) is 1. The molecule has 0 unspecified atom stereocenters. The first-order valence-corrected chi connectivity index (χ1v) is 10.1. The molecule has 0 spiro atoms. The van der Waals surface area contributed by atoms with E-state index in [1.165, 1.54) is 0 Å². The zero-order valence-electron chi connectivity index (χ0n) is 14.4. The topological polar surface area (TPSA) is 63.5 Å². The largest absolute Gasteiger partial charge is 0.284 e. The van der Waals surface area contributed by atoms with Crippen LogP contribution in [-0.2, 0) is 10.0 Å². The van der Waals surface area contributed by atoms with E-state index in [4.69, 9.17) is 11.6 Å². The van der Waals surface area contributed by atoms with Gasteiger partial charge in [-0.2, -0.15) is 0 Å². The van der Waals surface area contributed by atoms with Crippen LogP contribution in [0.1, 0.15) is 5.56 Å². The monoisotopic (exact) mass is 397 g/mol. The average molecular weight is 398 g/mol. The highest BCUT2D eigenvalue weighted by atomic mass is 35.5. The number of fused-ring (bicyclic) bond motifs is 1. The number of pyridine rings is 1. The highest BCUT2D eigenvalue weighted by Gasteiger charge is 2.21. The molecule has 0 aliphatic carbocycles. The van der Waals surface area contributed by atoms with Gasteiger partial charge in [0.15, 0.2) is 5.82 Å². The van der Waals surface area contributed by atoms with Gasteiger partial charge >= 0.3 is 0 Å². The molecule has 0 bridgehead atoms. The molecule has 0 amide bonds. The van der Waals surface area contributed by atoms with Gasteiger partial charge in [-0.05, 0) is 31.2 Å². The zero-order chi connectivity index (χ0) is 19.0. The lowest BCUT2D eigenvalue weighted by molar-refractivity contribution is 0.601. The molecule has 4 aromatic rings. The van der Waals surface area contributed by atoms with E-state index in [2.05, 4.69) is 9.71 Å². The van der Waals surface area contributed by atoms with Gasteiger partial charge in [0.2, 0.25) is 0 Å². The van der Waals surface area contributed by atoms with Crippen LogP contribution in [0.2, 0.25) is 5.02 Å². The highest BCUT2D eigenvalue weighted by Crippen LogP contribution is 2.31. The van der Waals surface area contributed by atoms with Gasteiger partial charge in [0.25, 0.3) is 10.0 Å². The van der Waals surface area contributed by atoms with E-state index < -0.39 is 10.0 Å². The molecule has 136 valence electrons. The first kappa shape index (κ1) is 17.6. The predicted octanol–water partition coefficient (Wildman–Crippen LogP) is 4.76. The molecule has 0 radical (unpaired) electrons. The first-order valence-electron chi connectivity index (χ1n) is 8.26. The Hall–Kier alpha value is -2.83. The molecule has 0 aliphatic heterocycles. The summed E-state index contributed by atoms with van der Waals surface area (Å²) in [5.74, 6) is 0.347. The van der Waals surface area contributed by atoms with Gasteiger partial charge in [-0.3, -0.25) is 9.12 Å². The van der Waals surface area contributed by atoms with Gasteiger partial charge in [0.1, 0.15) is 11.3 Å². The number of halogens is 1. The number of anilines is 1. The average Bonchev–Trinajstić information content (AvgIpc) is 3.00. The van der Waals surface area contributed by atoms with Crippen molar-refractivity contribution in [2.24, 2.45) is 0 Å². The Kier molecular flexibility index (Phi) is 4.37. The minimum absolute atomic E-state index is 0.184. The number of imidazole rings is 1. The van der Waals surface area contributed by atoms with Crippen LogP contribution < -0.4 is 4.72 Å². The number of aromatic nitrogens is 2. The standard InChI is InChI=1S/C20H16ClN3O2S/c1-14-7-10-17(11-8-14)27(25,26)23-20-19(15-5-3-2-4-6-15)22-18-12-9-16(21)13-24(18)20/h2-13,23H,1H3. The molecule has 7 heteroatoms. The van der Waals surface area contributed by atoms with Crippen molar-refractivity contribution in [2.75, 3.05) is 4.72 Å². The molecule has 5 nitrogen and oxygen atoms in total. The minimum Gasteiger partial charge on any atom is -0.284 e. The number of sulfonamides is 1. The smallest absolute Gasteiger partial charge is 0.263 e. The van der Waals surface area contributed by atoms with E-state index in [0.717, 1.165) is 11.1 Å². The van der Waals surface area contributed by atoms with Crippen LogP contribution >= 0.6 is 11.6 Å². The molecule has 0 saturated carbocycles. The summed E-state index contributed by atoms with van der Waals surface area (Å²) in [7, 11) is -3.79. The van der Waals surface area contributed by atoms with Crippen LogP contribution in [-0.4, -0.2) is 17.8 Å². The third-order valence-electron chi connectivity index (χ3n) is 4.19. The number of aryl methyl sites for hydroxylation is 1. The summed E-state index contributed by atoms with van der Waals surface area (Å²) in [5.41, 5.74) is 2.92. The van der Waals surface area contributed by atoms with Crippen molar-refractivity contribution in [3.8, 4) is 11.3 Å². The summed E-state index contributed by atoms with van der Waals surface area (Å²) in [6.45, 7) is 1.91. The van der Waals surface area contributed by atoms with Crippen molar-refractivity contribution in [1.82, 2.24) is 9.38 Å². The van der Waals surface area contributed by atoms with Crippen molar-refractivity contribution < 1.29 is 8.42 Å². The van der Waals surface area contributed by atoms with Gasteiger partial charge in [-0.25, -0.2) is 13.4 Å². The normalized spacial score (nSPS) is 11.6. The summed E-state index contributed by atoms with van der Waals surface area (Å²) in [6, 6.07) is 19.6. The molecule has 2 aromatic carbocycles. The number of hydrogen-bond acceptors (Lipinski definition) is 3. The van der Waals surface area contributed by atoms with Gasteiger partial charge in [-0.15, -0.1) is 0 Å². The minimum atomic E-state index is -3.79. The molecule has 1 N–H and O–H groups in total. The number of rotatable bonds is 4. The lowest BCUT2D eigenvalue weighted by Crippen LogP contribution is -2.15. The maximum Gasteiger partial charge on any atom is 0.263 e. The Bertz CT molecular complexity index is 1220. The molecule has 0 fully saturated rings. The van der Waals surface area contributed by atoms with E-state index in [0.29, 0.717) is 22.2 Å². The van der Waals surface area contributed by atoms with E-state index in [9.17, 15) is 8.42 Å². The third kappa shape index (κ3) is 3.41. The molecule has 27 heavy (non-hydrogen) atoms. The Morgan fingerprint density at radius 1 is 0.963 bits per heavy atom. The second-order valence-corrected chi connectivity index (χ2v) is 8.29. The lowest BCUT2D eigenvalue weighted by atomic mass is 10.1. The van der Waals surface area contributed by atoms with Crippen LogP contribution in [0.3, 0.4) is 0 Å². The molecule has 4 rings (SSSR count). The van der Waals surface area contributed by atoms with E-state index in [1.807, 2.05) is 37.3 Å². The fraction of sp³-hybridized carbons (Fsp3) is 0.0500. The van der Waals surface area contributed by atoms with Crippen molar-refractivity contribution >= 4 is 33.1 Å². The molecular weight excluding hydrogens is 382 g/mol. The summed E-state index contributed by atoms with van der Waals surface area (Å²) in [4.78, 5) is 4.78. The second-order valence-electron chi connectivity index (χ2n) is 6.17. The maximum atomic E-state index is 12.9. The van der Waals surface area contributed by atoms with Crippen molar-refractivity contribution in [1.29, 1.82) is 0 Å². The van der Waals surface area contributed by atoms with Crippen LogP contribution in [0.5, 0.6) is 0 Å². The maximum absolute atomic E-state index is 12.9. The van der Waals surface area contributed by atoms with Crippen molar-refractivity contribution in [3.05, 3.63) is 83.5 Å². The van der Waals surface area contributed by atoms with E-state index >= 15 is 0 Å². The SMILES string of the molecule is Cc1ccc(S(=O)(=O)Nc2c(-c3ccccc3)nc3ccc(Cl)cn23)cc1. The molecular formula is C20H16ClN3O2S. The molecule has 0 atom stereocenters. The lowest BCUT2D eigenvalue weighted by Gasteiger charge is -2.10. The summed E-state index contributed by atoms with van der Waals surface area (Å²) < 4.78 is 30.2. The van der Waals surface area contributed by atoms with E-state index in [1.54, 1.807) is 47.0 Å². The van der Waals surface area contributed by atoms with Crippen LogP contribution in [0.15, 0.2) is 77.8 Å². The van der Waals surface area contributed by atoms with Gasteiger partial charge in [0.05, 0.1) is 9.92 Å². The predicted molar refractivity (Wildman–Crippen MR) is 108 cm³/mol. The fourth-order valence-corrected chi connectivity index (χ4v) is 4.04. The highest BCUT2D eigenvalue weighted by molar-refractivity contribution is 7.92. The number of benzene rings is 2. The Labute approximate surface area is 162 Å². The second kappa shape index (κ2) is 6.72. The van der Waals surface area contributed by atoms with Crippen molar-refractivity contribution in [3.63, 3.8) is 0 Å². The van der Waals surface area contributed by atoms with Crippen LogP contribution in [0.4, 0.5) is 5.82 Å². The van der Waals surface area contributed by atoms with Crippen molar-refractivity contribution in [2.45, 2.75) is 11.8 Å². The van der Waals surface area contributed by atoms with Crippen LogP contribution in [0, 0.1) is 6.92 Å². The molecule has 0 aliphatic rings. The molecule has 2 aromatic heterocycles. The summed E-state index contributed by atoms with van der Waals surface area (Å²) in [5, 5.41) is 0.482. The van der Waals surface area contributed by atoms with E-state index in [-0.39, 0.29) is 4.90 Å². The summed E-state index contributed by atoms with van der Waals surface area (Å²) in [6.07, 6.45) is 1.64. The molecule has 0 saturated heterocycles. The van der Waals surface area contributed by atoms with Gasteiger partial charge in [-0.1, -0.05) is 59.6 Å². The fourth-order valence-electron chi connectivity index (χ4n) is 2.82. The van der Waals surface area contributed by atoms with Gasteiger partial charge in [0, 0.05) is 11.8 Å². The molecule has 2 heterocycles. The number of hydrogen-bond donors (Lipinski definition) is 1. The first-order chi connectivity index (χ1) is 12.9. The van der Waals surface area contributed by atoms with Gasteiger partial charge < -0.3 is 0 Å². The van der Waals surface area contributed by atoms with Crippen LogP contribution in [0.25, 0.3) is 16.9 Å². The summed E-state index contributed by atoms with van der Waals surface area (Å²) >= 11 is 6.13. The Morgan fingerprint density at radius 3 is 2.37 bits per heavy atom. The number of nitrogens with zero attached hydrogens (tertiary/aromatic N) is 2. The third-order valence-corrected chi connectivity index (χ3v) is 5.77. The Morgan fingerprint density at radius 2 is 1.67 bits per heavy atom. The quantitative estimate of drug-likeness (QED) is 0.539. The zero-order valence-corrected chi connectivity index (χ0v) is 16.0. The Balaban J connectivity index is 1.89.